The molecule has 1 aromatic rings. The maximum absolute atomic E-state index is 12.7. The first-order chi connectivity index (χ1) is 11.3. The summed E-state index contributed by atoms with van der Waals surface area (Å²) in [7, 11) is -2.38. The van der Waals surface area contributed by atoms with Gasteiger partial charge in [0.2, 0.25) is 0 Å². The molecule has 0 aromatic heterocycles. The van der Waals surface area contributed by atoms with E-state index >= 15 is 0 Å². The number of nitrogens with one attached hydrogen (secondary N) is 1. The zero-order chi connectivity index (χ0) is 17.5. The lowest BCUT2D eigenvalue weighted by Gasteiger charge is -2.23. The number of rotatable bonds is 4. The van der Waals surface area contributed by atoms with Crippen LogP contribution in [0.4, 0.5) is 5.69 Å². The van der Waals surface area contributed by atoms with Crippen molar-refractivity contribution in [3.05, 3.63) is 51.9 Å². The second-order valence-corrected chi connectivity index (χ2v) is 7.17. The van der Waals surface area contributed by atoms with Gasteiger partial charge >= 0.3 is 5.97 Å². The summed E-state index contributed by atoms with van der Waals surface area (Å²) in [5, 5.41) is 14.2. The predicted molar refractivity (Wildman–Crippen MR) is 88.0 cm³/mol. The average molecular weight is 370 g/mol. The third-order valence-electron chi connectivity index (χ3n) is 3.49. The maximum atomic E-state index is 12.7. The Kier molecular flexibility index (Phi) is 4.08. The fraction of sp³-hybridized carbons (Fsp3) is 0.143. The Morgan fingerprint density at radius 2 is 2.00 bits per heavy atom. The van der Waals surface area contributed by atoms with Crippen LogP contribution in [-0.2, 0) is 15.0 Å². The van der Waals surface area contributed by atoms with Crippen LogP contribution in [0.2, 0.25) is 0 Å². The molecule has 1 heterocycles. The number of sulfonamides is 1. The monoisotopic (exact) mass is 369 g/mol. The minimum atomic E-state index is -3.92. The van der Waals surface area contributed by atoms with Crippen LogP contribution in [0.3, 0.4) is 0 Å². The first kappa shape index (κ1) is 16.5. The molecule has 126 valence electrons. The summed E-state index contributed by atoms with van der Waals surface area (Å²) in [6, 6.07) is 4.61. The second kappa shape index (κ2) is 5.93. The number of hydrogen-bond acceptors (Lipinski definition) is 6. The Morgan fingerprint density at radius 1 is 1.33 bits per heavy atom. The first-order valence-electron chi connectivity index (χ1n) is 6.71. The van der Waals surface area contributed by atoms with Gasteiger partial charge in [-0.05, 0) is 36.4 Å². The molecule has 1 atom stereocenters. The van der Waals surface area contributed by atoms with E-state index in [2.05, 4.69) is 9.88 Å². The Morgan fingerprint density at radius 3 is 2.62 bits per heavy atom. The largest absolute Gasteiger partial charge is 0.478 e. The van der Waals surface area contributed by atoms with Crippen molar-refractivity contribution >= 4 is 39.0 Å². The normalized spacial score (nSPS) is 20.4. The number of nitrogens with zero attached hydrogens (tertiary/aromatic N) is 2. The highest BCUT2D eigenvalue weighted by Gasteiger charge is 2.41. The van der Waals surface area contributed by atoms with E-state index in [1.54, 1.807) is 7.05 Å². The third kappa shape index (κ3) is 2.88. The number of carboxylic acids is 1. The minimum Gasteiger partial charge on any atom is -0.478 e. The number of benzene rings is 1. The second-order valence-electron chi connectivity index (χ2n) is 5.08. The lowest BCUT2D eigenvalue weighted by Crippen LogP contribution is -2.39. The molecule has 0 radical (unpaired) electrons. The molecule has 0 fully saturated rings. The van der Waals surface area contributed by atoms with Gasteiger partial charge in [0, 0.05) is 12.7 Å². The molecule has 1 aromatic carbocycles. The fourth-order valence-electron chi connectivity index (χ4n) is 2.33. The molecular formula is C14H12ClN3O5S. The molecule has 2 N–H and O–H groups in total. The SMILES string of the molecule is CN1ON=C2C(Cl)=CC=C(S(=O)(=O)Nc3ccc(C(=O)O)cc3)C21. The number of anilines is 1. The predicted octanol–water partition coefficient (Wildman–Crippen LogP) is 1.75. The van der Waals surface area contributed by atoms with Crippen LogP contribution in [0.1, 0.15) is 10.4 Å². The molecule has 24 heavy (non-hydrogen) atoms. The zero-order valence-electron chi connectivity index (χ0n) is 12.3. The van der Waals surface area contributed by atoms with E-state index in [1.807, 2.05) is 0 Å². The van der Waals surface area contributed by atoms with Crippen LogP contribution in [0.15, 0.2) is 51.5 Å². The van der Waals surface area contributed by atoms with Gasteiger partial charge in [-0.1, -0.05) is 16.8 Å². The van der Waals surface area contributed by atoms with Gasteiger partial charge in [0.05, 0.1) is 15.5 Å². The van der Waals surface area contributed by atoms with E-state index in [0.29, 0.717) is 10.7 Å². The van der Waals surface area contributed by atoms with Crippen LogP contribution in [0, 0.1) is 0 Å². The number of carboxylic acid groups (broad SMARTS) is 1. The number of likely N-dealkylation sites (N-methyl/N-ethyl adjacent to an activating group) is 1. The molecule has 0 amide bonds. The first-order valence-corrected chi connectivity index (χ1v) is 8.57. The van der Waals surface area contributed by atoms with Crippen LogP contribution in [0.25, 0.3) is 0 Å². The smallest absolute Gasteiger partial charge is 0.335 e. The van der Waals surface area contributed by atoms with E-state index in [-0.39, 0.29) is 16.2 Å². The van der Waals surface area contributed by atoms with Crippen molar-refractivity contribution in [2.75, 3.05) is 11.8 Å². The Labute approximate surface area is 142 Å². The fourth-order valence-corrected chi connectivity index (χ4v) is 3.90. The molecule has 3 rings (SSSR count). The lowest BCUT2D eigenvalue weighted by atomic mass is 10.1. The summed E-state index contributed by atoms with van der Waals surface area (Å²) >= 11 is 6.01. The molecule has 1 unspecified atom stereocenters. The third-order valence-corrected chi connectivity index (χ3v) is 5.30. The van der Waals surface area contributed by atoms with Crippen molar-refractivity contribution < 1.29 is 23.3 Å². The van der Waals surface area contributed by atoms with Gasteiger partial charge in [-0.25, -0.2) is 13.2 Å². The number of carbonyl (C=O) groups is 1. The molecule has 8 nitrogen and oxygen atoms in total. The highest BCUT2D eigenvalue weighted by molar-refractivity contribution is 7.96. The van der Waals surface area contributed by atoms with Crippen LogP contribution in [0.5, 0.6) is 0 Å². The van der Waals surface area contributed by atoms with Gasteiger partial charge in [0.1, 0.15) is 11.8 Å². The van der Waals surface area contributed by atoms with Crippen molar-refractivity contribution in [1.29, 1.82) is 0 Å². The molecule has 0 bridgehead atoms. The molecule has 1 aliphatic heterocycles. The quantitative estimate of drug-likeness (QED) is 0.837. The van der Waals surface area contributed by atoms with E-state index in [0.717, 1.165) is 0 Å². The number of halogens is 1. The standard InChI is InChI=1S/C14H12ClN3O5S/c1-18-13-11(7-6-10(15)12(13)16-23-18)24(21,22)17-9-4-2-8(3-5-9)14(19)20/h2-7,13,17H,1H3,(H,19,20). The highest BCUT2D eigenvalue weighted by atomic mass is 35.5. The van der Waals surface area contributed by atoms with E-state index in [1.165, 1.54) is 41.5 Å². The number of aromatic carboxylic acids is 1. The highest BCUT2D eigenvalue weighted by Crippen LogP contribution is 2.31. The Bertz CT molecular complexity index is 889. The number of hydrogen-bond donors (Lipinski definition) is 2. The van der Waals surface area contributed by atoms with Crippen molar-refractivity contribution in [3.63, 3.8) is 0 Å². The summed E-state index contributed by atoms with van der Waals surface area (Å²) in [5.74, 6) is -1.09. The van der Waals surface area contributed by atoms with Crippen LogP contribution >= 0.6 is 11.6 Å². The van der Waals surface area contributed by atoms with Gasteiger partial charge < -0.3 is 5.11 Å². The molecule has 0 spiro atoms. The van der Waals surface area contributed by atoms with Crippen molar-refractivity contribution in [2.24, 2.45) is 5.16 Å². The zero-order valence-corrected chi connectivity index (χ0v) is 13.9. The van der Waals surface area contributed by atoms with Gasteiger partial charge in [0.25, 0.3) is 10.0 Å². The molecule has 0 saturated heterocycles. The topological polar surface area (TPSA) is 108 Å². The Balaban J connectivity index is 1.90. The molecule has 1 aliphatic carbocycles. The van der Waals surface area contributed by atoms with Gasteiger partial charge in [0.15, 0.2) is 0 Å². The number of hydroxylamine groups is 2. The van der Waals surface area contributed by atoms with Crippen LogP contribution < -0.4 is 4.72 Å². The van der Waals surface area contributed by atoms with Gasteiger partial charge in [-0.3, -0.25) is 9.66 Å². The number of oxime groups is 1. The molecule has 10 heteroatoms. The molecule has 2 aliphatic rings. The van der Waals surface area contributed by atoms with Crippen molar-refractivity contribution in [3.8, 4) is 0 Å². The van der Waals surface area contributed by atoms with Gasteiger partial charge in [-0.15, -0.1) is 5.06 Å². The summed E-state index contributed by atoms with van der Waals surface area (Å²) in [6.07, 6.45) is 2.81. The van der Waals surface area contributed by atoms with Crippen molar-refractivity contribution in [1.82, 2.24) is 5.06 Å². The van der Waals surface area contributed by atoms with E-state index < -0.39 is 22.0 Å². The molecular weight excluding hydrogens is 358 g/mol. The summed E-state index contributed by atoms with van der Waals surface area (Å²) in [5.41, 5.74) is 0.604. The number of allylic oxidation sites excluding steroid dienone is 2. The summed E-state index contributed by atoms with van der Waals surface area (Å²) < 4.78 is 27.7. The summed E-state index contributed by atoms with van der Waals surface area (Å²) in [6.45, 7) is 0. The summed E-state index contributed by atoms with van der Waals surface area (Å²) in [4.78, 5) is 15.8. The van der Waals surface area contributed by atoms with Crippen molar-refractivity contribution in [2.45, 2.75) is 6.04 Å². The maximum Gasteiger partial charge on any atom is 0.335 e. The number of fused-ring (bicyclic) bond motifs is 1. The lowest BCUT2D eigenvalue weighted by molar-refractivity contribution is -0.123. The minimum absolute atomic E-state index is 0.0213. The van der Waals surface area contributed by atoms with Gasteiger partial charge in [-0.2, -0.15) is 0 Å². The van der Waals surface area contributed by atoms with Crippen LogP contribution in [-0.4, -0.2) is 43.4 Å². The Hall–Kier alpha value is -2.36. The van der Waals surface area contributed by atoms with E-state index in [9.17, 15) is 13.2 Å². The van der Waals surface area contributed by atoms with E-state index in [4.69, 9.17) is 21.6 Å². The molecule has 0 saturated carbocycles. The average Bonchev–Trinajstić information content (AvgIpc) is 2.90.